The standard InChI is InChI=1S/C23H30N4O7/c1-23(2,3)33-21(30)24-9-10-26-18(14-24)19(28)27(20(26)29)34-22(31)25-11-12-32-15-17(25)13-16-7-5-4-6-8-16/h4-8,17,28H,9-15H2,1-3H3. The molecule has 1 aromatic heterocycles. The van der Waals surface area contributed by atoms with Gasteiger partial charge in [0.05, 0.1) is 25.8 Å². The van der Waals surface area contributed by atoms with Crippen LogP contribution in [-0.2, 0) is 29.0 Å². The molecule has 2 aromatic rings. The SMILES string of the molecule is CC(C)(C)OC(=O)N1CCn2c(c(O)n(OC(=O)N3CCOCC3Cc3ccccc3)c2=O)C1. The average molecular weight is 475 g/mol. The number of hydrogen-bond donors (Lipinski definition) is 1. The molecule has 34 heavy (non-hydrogen) atoms. The van der Waals surface area contributed by atoms with Crippen LogP contribution < -0.4 is 10.5 Å². The monoisotopic (exact) mass is 474 g/mol. The molecule has 184 valence electrons. The zero-order chi connectivity index (χ0) is 24.5. The minimum absolute atomic E-state index is 0.0469. The van der Waals surface area contributed by atoms with Gasteiger partial charge >= 0.3 is 17.9 Å². The molecule has 1 saturated heterocycles. The average Bonchev–Trinajstić information content (AvgIpc) is 3.03. The highest BCUT2D eigenvalue weighted by atomic mass is 16.7. The third-order valence-electron chi connectivity index (χ3n) is 5.71. The van der Waals surface area contributed by atoms with E-state index < -0.39 is 29.4 Å². The van der Waals surface area contributed by atoms with Crippen LogP contribution in [0.5, 0.6) is 5.88 Å². The molecule has 1 aromatic carbocycles. The second-order valence-electron chi connectivity index (χ2n) is 9.37. The summed E-state index contributed by atoms with van der Waals surface area (Å²) in [5.41, 5.74) is -0.140. The molecule has 4 rings (SSSR count). The molecule has 11 nitrogen and oxygen atoms in total. The van der Waals surface area contributed by atoms with Crippen molar-refractivity contribution >= 4 is 12.2 Å². The Kier molecular flexibility index (Phi) is 6.56. The minimum atomic E-state index is -0.756. The number of carbonyl (C=O) groups is 2. The fraction of sp³-hybridized carbons (Fsp3) is 0.522. The molecular formula is C23H30N4O7. The number of hydrogen-bond acceptors (Lipinski definition) is 7. The molecular weight excluding hydrogens is 444 g/mol. The molecule has 3 heterocycles. The van der Waals surface area contributed by atoms with E-state index >= 15 is 0 Å². The number of aromatic hydroxyl groups is 1. The summed E-state index contributed by atoms with van der Waals surface area (Å²) in [5, 5.41) is 10.7. The number of ether oxygens (including phenoxy) is 2. The van der Waals surface area contributed by atoms with E-state index in [1.165, 1.54) is 14.4 Å². The molecule has 1 atom stereocenters. The van der Waals surface area contributed by atoms with Gasteiger partial charge in [0.15, 0.2) is 0 Å². The zero-order valence-electron chi connectivity index (χ0n) is 19.6. The Labute approximate surface area is 197 Å². The lowest BCUT2D eigenvalue weighted by Gasteiger charge is -2.34. The van der Waals surface area contributed by atoms with Gasteiger partial charge in [0.1, 0.15) is 11.3 Å². The molecule has 0 saturated carbocycles. The maximum Gasteiger partial charge on any atom is 0.435 e. The van der Waals surface area contributed by atoms with Crippen LogP contribution in [0.15, 0.2) is 35.1 Å². The van der Waals surface area contributed by atoms with Gasteiger partial charge in [0.2, 0.25) is 0 Å². The molecule has 2 aliphatic heterocycles. The molecule has 1 unspecified atom stereocenters. The number of aromatic nitrogens is 2. The molecule has 2 aliphatic rings. The van der Waals surface area contributed by atoms with Gasteiger partial charge in [-0.1, -0.05) is 35.1 Å². The van der Waals surface area contributed by atoms with Crippen LogP contribution in [0.4, 0.5) is 9.59 Å². The van der Waals surface area contributed by atoms with Crippen molar-refractivity contribution in [2.75, 3.05) is 26.3 Å². The van der Waals surface area contributed by atoms with Crippen LogP contribution in [0.3, 0.4) is 0 Å². The summed E-state index contributed by atoms with van der Waals surface area (Å²) in [6, 6.07) is 9.42. The van der Waals surface area contributed by atoms with E-state index in [1.807, 2.05) is 30.3 Å². The maximum atomic E-state index is 13.0. The van der Waals surface area contributed by atoms with Crippen LogP contribution >= 0.6 is 0 Å². The second kappa shape index (κ2) is 9.41. The number of fused-ring (bicyclic) bond motifs is 1. The third-order valence-corrected chi connectivity index (χ3v) is 5.71. The largest absolute Gasteiger partial charge is 0.491 e. The summed E-state index contributed by atoms with van der Waals surface area (Å²) in [4.78, 5) is 46.5. The Balaban J connectivity index is 1.49. The van der Waals surface area contributed by atoms with E-state index in [0.717, 1.165) is 5.56 Å². The first-order chi connectivity index (χ1) is 16.1. The van der Waals surface area contributed by atoms with Crippen LogP contribution in [0.25, 0.3) is 0 Å². The van der Waals surface area contributed by atoms with Crippen molar-refractivity contribution in [2.45, 2.75) is 51.9 Å². The van der Waals surface area contributed by atoms with E-state index in [2.05, 4.69) is 0 Å². The lowest BCUT2D eigenvalue weighted by Crippen LogP contribution is -2.52. The van der Waals surface area contributed by atoms with E-state index in [9.17, 15) is 19.5 Å². The van der Waals surface area contributed by atoms with Gasteiger partial charge < -0.3 is 24.3 Å². The quantitative estimate of drug-likeness (QED) is 0.718. The zero-order valence-corrected chi connectivity index (χ0v) is 19.6. The Hall–Kier alpha value is -3.47. The molecule has 0 spiro atoms. The van der Waals surface area contributed by atoms with Gasteiger partial charge in [-0.05, 0) is 32.8 Å². The van der Waals surface area contributed by atoms with Crippen molar-refractivity contribution in [1.29, 1.82) is 0 Å². The normalized spacial score (nSPS) is 18.4. The van der Waals surface area contributed by atoms with Gasteiger partial charge in [-0.2, -0.15) is 0 Å². The van der Waals surface area contributed by atoms with Gasteiger partial charge in [-0.25, -0.2) is 14.4 Å². The van der Waals surface area contributed by atoms with Crippen molar-refractivity contribution < 1.29 is 29.0 Å². The van der Waals surface area contributed by atoms with Crippen molar-refractivity contribution in [2.24, 2.45) is 0 Å². The fourth-order valence-electron chi connectivity index (χ4n) is 4.07. The Bertz CT molecular complexity index is 1100. The highest BCUT2D eigenvalue weighted by Crippen LogP contribution is 2.23. The number of imidazole rings is 1. The van der Waals surface area contributed by atoms with Crippen LogP contribution in [-0.4, -0.2) is 74.3 Å². The van der Waals surface area contributed by atoms with Crippen molar-refractivity contribution in [3.05, 3.63) is 52.1 Å². The van der Waals surface area contributed by atoms with Gasteiger partial charge in [-0.15, -0.1) is 0 Å². The third kappa shape index (κ3) is 5.04. The van der Waals surface area contributed by atoms with E-state index in [4.69, 9.17) is 14.3 Å². The maximum absolute atomic E-state index is 13.0. The number of rotatable bonds is 3. The van der Waals surface area contributed by atoms with E-state index in [1.54, 1.807) is 20.8 Å². The smallest absolute Gasteiger partial charge is 0.435 e. The second-order valence-corrected chi connectivity index (χ2v) is 9.37. The molecule has 2 amide bonds. The van der Waals surface area contributed by atoms with E-state index in [-0.39, 0.29) is 31.4 Å². The first kappa shape index (κ1) is 23.7. The van der Waals surface area contributed by atoms with Crippen LogP contribution in [0.1, 0.15) is 32.0 Å². The molecule has 0 radical (unpaired) electrons. The van der Waals surface area contributed by atoms with Gasteiger partial charge in [-0.3, -0.25) is 9.47 Å². The van der Waals surface area contributed by atoms with Crippen LogP contribution in [0, 0.1) is 0 Å². The first-order valence-corrected chi connectivity index (χ1v) is 11.3. The van der Waals surface area contributed by atoms with Crippen molar-refractivity contribution in [3.8, 4) is 5.88 Å². The fourth-order valence-corrected chi connectivity index (χ4v) is 4.07. The predicted octanol–water partition coefficient (Wildman–Crippen LogP) is 1.60. The summed E-state index contributed by atoms with van der Waals surface area (Å²) >= 11 is 0. The molecule has 1 N–H and O–H groups in total. The minimum Gasteiger partial charge on any atom is -0.491 e. The lowest BCUT2D eigenvalue weighted by atomic mass is 10.0. The number of morpholine rings is 1. The highest BCUT2D eigenvalue weighted by molar-refractivity contribution is 5.69. The predicted molar refractivity (Wildman–Crippen MR) is 120 cm³/mol. The summed E-state index contributed by atoms with van der Waals surface area (Å²) in [6.45, 7) is 6.57. The molecule has 11 heteroatoms. The number of benzene rings is 1. The molecule has 1 fully saturated rings. The summed E-state index contributed by atoms with van der Waals surface area (Å²) in [5.74, 6) is -0.514. The van der Waals surface area contributed by atoms with E-state index in [0.29, 0.717) is 30.9 Å². The summed E-state index contributed by atoms with van der Waals surface area (Å²) in [6.07, 6.45) is -0.741. The van der Waals surface area contributed by atoms with Gasteiger partial charge in [0, 0.05) is 19.6 Å². The summed E-state index contributed by atoms with van der Waals surface area (Å²) in [7, 11) is 0. The Morgan fingerprint density at radius 2 is 1.85 bits per heavy atom. The van der Waals surface area contributed by atoms with Crippen LogP contribution in [0.2, 0.25) is 0 Å². The van der Waals surface area contributed by atoms with Gasteiger partial charge in [0.25, 0.3) is 5.88 Å². The highest BCUT2D eigenvalue weighted by Gasteiger charge is 2.34. The topological polar surface area (TPSA) is 115 Å². The van der Waals surface area contributed by atoms with Crippen molar-refractivity contribution in [1.82, 2.24) is 19.1 Å². The van der Waals surface area contributed by atoms with Crippen molar-refractivity contribution in [3.63, 3.8) is 0 Å². The lowest BCUT2D eigenvalue weighted by molar-refractivity contribution is -0.0129. The first-order valence-electron chi connectivity index (χ1n) is 11.3. The molecule has 0 bridgehead atoms. The number of carbonyl (C=O) groups excluding carboxylic acids is 2. The number of nitrogens with zero attached hydrogens (tertiary/aromatic N) is 4. The summed E-state index contributed by atoms with van der Waals surface area (Å²) < 4.78 is 12.8. The molecule has 0 aliphatic carbocycles. The Morgan fingerprint density at radius 1 is 1.12 bits per heavy atom. The number of amides is 2. The Morgan fingerprint density at radius 3 is 2.56 bits per heavy atom.